The Morgan fingerprint density at radius 3 is 2.95 bits per heavy atom. The van der Waals surface area contributed by atoms with Crippen LogP contribution in [0.4, 0.5) is 4.39 Å². The second-order valence-corrected chi connectivity index (χ2v) is 6.03. The molecule has 1 aliphatic heterocycles. The molecule has 0 bridgehead atoms. The summed E-state index contributed by atoms with van der Waals surface area (Å²) in [5, 5.41) is 3.18. The van der Waals surface area contributed by atoms with E-state index in [0.717, 1.165) is 26.1 Å². The van der Waals surface area contributed by atoms with Crippen molar-refractivity contribution < 1.29 is 9.18 Å². The van der Waals surface area contributed by atoms with Crippen LogP contribution in [0.25, 0.3) is 0 Å². The number of hydrogen-bond donors (Lipinski definition) is 1. The average Bonchev–Trinajstić information content (AvgIpc) is 2.48. The minimum Gasteiger partial charge on any atom is -0.342 e. The summed E-state index contributed by atoms with van der Waals surface area (Å²) in [6.45, 7) is 4.53. The molecule has 2 rings (SSSR count). The van der Waals surface area contributed by atoms with Crippen molar-refractivity contribution >= 4 is 5.91 Å². The van der Waals surface area contributed by atoms with Crippen molar-refractivity contribution in [1.29, 1.82) is 0 Å². The Labute approximate surface area is 126 Å². The quantitative estimate of drug-likeness (QED) is 0.905. The SMILES string of the molecule is CNCC1CCCN(C(=O)CC(C)c2ccccc2F)C1. The van der Waals surface area contributed by atoms with E-state index in [1.807, 2.05) is 24.9 Å². The molecule has 1 N–H and O–H groups in total. The fraction of sp³-hybridized carbons (Fsp3) is 0.588. The van der Waals surface area contributed by atoms with Gasteiger partial charge in [-0.1, -0.05) is 25.1 Å². The summed E-state index contributed by atoms with van der Waals surface area (Å²) in [5.41, 5.74) is 0.634. The number of hydrogen-bond acceptors (Lipinski definition) is 2. The lowest BCUT2D eigenvalue weighted by Crippen LogP contribution is -2.42. The Morgan fingerprint density at radius 2 is 2.24 bits per heavy atom. The summed E-state index contributed by atoms with van der Waals surface area (Å²) in [6, 6.07) is 6.73. The predicted octanol–water partition coefficient (Wildman–Crippen LogP) is 2.78. The van der Waals surface area contributed by atoms with Crippen LogP contribution in [-0.4, -0.2) is 37.5 Å². The van der Waals surface area contributed by atoms with Crippen LogP contribution in [0.2, 0.25) is 0 Å². The topological polar surface area (TPSA) is 32.3 Å². The minimum absolute atomic E-state index is 0.0802. The second kappa shape index (κ2) is 7.55. The number of halogens is 1. The lowest BCUT2D eigenvalue weighted by atomic mass is 9.94. The van der Waals surface area contributed by atoms with E-state index in [4.69, 9.17) is 0 Å². The molecule has 4 heteroatoms. The Balaban J connectivity index is 1.93. The molecule has 2 atom stereocenters. The highest BCUT2D eigenvalue weighted by molar-refractivity contribution is 5.77. The van der Waals surface area contributed by atoms with Gasteiger partial charge >= 0.3 is 0 Å². The summed E-state index contributed by atoms with van der Waals surface area (Å²) in [7, 11) is 1.95. The molecule has 1 fully saturated rings. The van der Waals surface area contributed by atoms with Crippen LogP contribution >= 0.6 is 0 Å². The first-order chi connectivity index (χ1) is 10.1. The fourth-order valence-corrected chi connectivity index (χ4v) is 3.12. The van der Waals surface area contributed by atoms with Gasteiger partial charge in [-0.15, -0.1) is 0 Å². The van der Waals surface area contributed by atoms with Gasteiger partial charge in [0, 0.05) is 19.5 Å². The molecule has 0 radical (unpaired) electrons. The Bertz CT molecular complexity index is 476. The molecule has 2 unspecified atom stereocenters. The maximum absolute atomic E-state index is 13.8. The van der Waals surface area contributed by atoms with Crippen molar-refractivity contribution in [3.05, 3.63) is 35.6 Å². The monoisotopic (exact) mass is 292 g/mol. The van der Waals surface area contributed by atoms with Crippen LogP contribution in [0.5, 0.6) is 0 Å². The summed E-state index contributed by atoms with van der Waals surface area (Å²) in [4.78, 5) is 14.4. The third kappa shape index (κ3) is 4.27. The molecule has 1 aliphatic rings. The van der Waals surface area contributed by atoms with Gasteiger partial charge in [0.2, 0.25) is 5.91 Å². The molecule has 1 aromatic carbocycles. The highest BCUT2D eigenvalue weighted by Crippen LogP contribution is 2.24. The first-order valence-corrected chi connectivity index (χ1v) is 7.78. The lowest BCUT2D eigenvalue weighted by Gasteiger charge is -2.33. The second-order valence-electron chi connectivity index (χ2n) is 6.03. The highest BCUT2D eigenvalue weighted by Gasteiger charge is 2.25. The molecule has 0 saturated carbocycles. The van der Waals surface area contributed by atoms with Gasteiger partial charge in [-0.05, 0) is 49.9 Å². The molecule has 1 heterocycles. The summed E-state index contributed by atoms with van der Waals surface area (Å²) in [6.07, 6.45) is 2.62. The number of piperidine rings is 1. The van der Waals surface area contributed by atoms with Crippen LogP contribution < -0.4 is 5.32 Å². The number of nitrogens with one attached hydrogen (secondary N) is 1. The van der Waals surface area contributed by atoms with Crippen LogP contribution in [0.1, 0.15) is 37.7 Å². The van der Waals surface area contributed by atoms with E-state index in [1.54, 1.807) is 12.1 Å². The van der Waals surface area contributed by atoms with Crippen LogP contribution in [-0.2, 0) is 4.79 Å². The zero-order valence-electron chi connectivity index (χ0n) is 12.9. The van der Waals surface area contributed by atoms with E-state index >= 15 is 0 Å². The van der Waals surface area contributed by atoms with Crippen molar-refractivity contribution in [3.63, 3.8) is 0 Å². The van der Waals surface area contributed by atoms with Gasteiger partial charge < -0.3 is 10.2 Å². The molecule has 1 aromatic rings. The first-order valence-electron chi connectivity index (χ1n) is 7.78. The van der Waals surface area contributed by atoms with E-state index in [1.165, 1.54) is 12.5 Å². The molecule has 1 amide bonds. The molecule has 0 spiro atoms. The van der Waals surface area contributed by atoms with Gasteiger partial charge in [0.05, 0.1) is 0 Å². The van der Waals surface area contributed by atoms with E-state index in [-0.39, 0.29) is 17.6 Å². The zero-order chi connectivity index (χ0) is 15.2. The molecule has 0 aromatic heterocycles. The van der Waals surface area contributed by atoms with E-state index in [9.17, 15) is 9.18 Å². The van der Waals surface area contributed by atoms with Gasteiger partial charge in [0.1, 0.15) is 5.82 Å². The molecule has 0 aliphatic carbocycles. The molecular weight excluding hydrogens is 267 g/mol. The number of carbonyl (C=O) groups excluding carboxylic acids is 1. The maximum atomic E-state index is 13.8. The van der Waals surface area contributed by atoms with Crippen LogP contribution in [0, 0.1) is 11.7 Å². The Hall–Kier alpha value is -1.42. The van der Waals surface area contributed by atoms with E-state index < -0.39 is 0 Å². The average molecular weight is 292 g/mol. The number of nitrogens with zero attached hydrogens (tertiary/aromatic N) is 1. The first kappa shape index (κ1) is 16.0. The Kier molecular flexibility index (Phi) is 5.74. The molecule has 21 heavy (non-hydrogen) atoms. The number of likely N-dealkylation sites (tertiary alicyclic amines) is 1. The van der Waals surface area contributed by atoms with E-state index in [0.29, 0.717) is 17.9 Å². The molecule has 1 saturated heterocycles. The molecule has 116 valence electrons. The van der Waals surface area contributed by atoms with Gasteiger partial charge in [-0.25, -0.2) is 4.39 Å². The molecular formula is C17H25FN2O. The summed E-state index contributed by atoms with van der Waals surface area (Å²) in [5.74, 6) is 0.385. The van der Waals surface area contributed by atoms with Crippen molar-refractivity contribution in [2.75, 3.05) is 26.7 Å². The van der Waals surface area contributed by atoms with Crippen LogP contribution in [0.15, 0.2) is 24.3 Å². The normalized spacial score (nSPS) is 20.3. The minimum atomic E-state index is -0.218. The van der Waals surface area contributed by atoms with Crippen molar-refractivity contribution in [3.8, 4) is 0 Å². The van der Waals surface area contributed by atoms with Gasteiger partial charge in [-0.3, -0.25) is 4.79 Å². The predicted molar refractivity (Wildman–Crippen MR) is 82.7 cm³/mol. The number of benzene rings is 1. The van der Waals surface area contributed by atoms with Crippen molar-refractivity contribution in [2.45, 2.75) is 32.1 Å². The third-order valence-corrected chi connectivity index (χ3v) is 4.28. The smallest absolute Gasteiger partial charge is 0.223 e. The zero-order valence-corrected chi connectivity index (χ0v) is 12.9. The van der Waals surface area contributed by atoms with Crippen molar-refractivity contribution in [1.82, 2.24) is 10.2 Å². The number of rotatable bonds is 5. The Morgan fingerprint density at radius 1 is 1.48 bits per heavy atom. The molecule has 3 nitrogen and oxygen atoms in total. The van der Waals surface area contributed by atoms with Crippen molar-refractivity contribution in [2.24, 2.45) is 5.92 Å². The summed E-state index contributed by atoms with van der Waals surface area (Å²) < 4.78 is 13.8. The summed E-state index contributed by atoms with van der Waals surface area (Å²) >= 11 is 0. The van der Waals surface area contributed by atoms with Gasteiger partial charge in [0.25, 0.3) is 0 Å². The lowest BCUT2D eigenvalue weighted by molar-refractivity contribution is -0.133. The van der Waals surface area contributed by atoms with Gasteiger partial charge in [0.15, 0.2) is 0 Å². The fourth-order valence-electron chi connectivity index (χ4n) is 3.12. The standard InChI is InChI=1S/C17H25FN2O/c1-13(15-7-3-4-8-16(15)18)10-17(21)20-9-5-6-14(12-20)11-19-2/h3-4,7-8,13-14,19H,5-6,9-12H2,1-2H3. The highest BCUT2D eigenvalue weighted by atomic mass is 19.1. The van der Waals surface area contributed by atoms with Crippen LogP contribution in [0.3, 0.4) is 0 Å². The number of carbonyl (C=O) groups is 1. The van der Waals surface area contributed by atoms with Gasteiger partial charge in [-0.2, -0.15) is 0 Å². The third-order valence-electron chi connectivity index (χ3n) is 4.28. The maximum Gasteiger partial charge on any atom is 0.223 e. The largest absolute Gasteiger partial charge is 0.342 e. The number of amides is 1. The van der Waals surface area contributed by atoms with E-state index in [2.05, 4.69) is 5.32 Å².